The number of anilines is 1. The number of nitrogens with two attached hydrogens (primary N) is 1. The number of thioether (sulfide) groups is 1. The van der Waals surface area contributed by atoms with Crippen molar-refractivity contribution in [3.63, 3.8) is 0 Å². The minimum absolute atomic E-state index is 0.121. The van der Waals surface area contributed by atoms with E-state index in [-0.39, 0.29) is 4.75 Å². The molecule has 1 aromatic carbocycles. The normalized spacial score (nSPS) is 20.2. The van der Waals surface area contributed by atoms with Gasteiger partial charge >= 0.3 is 0 Å². The first-order valence-electron chi connectivity index (χ1n) is 6.83. The Kier molecular flexibility index (Phi) is 4.97. The van der Waals surface area contributed by atoms with Gasteiger partial charge in [0.15, 0.2) is 0 Å². The van der Waals surface area contributed by atoms with E-state index in [2.05, 4.69) is 29.8 Å². The van der Waals surface area contributed by atoms with Crippen LogP contribution >= 0.6 is 27.7 Å². The molecule has 1 aromatic rings. The molecule has 7 heteroatoms. The highest BCUT2D eigenvalue weighted by atomic mass is 79.9. The van der Waals surface area contributed by atoms with E-state index in [1.54, 1.807) is 23.4 Å². The number of sulfonamides is 1. The fourth-order valence-corrected chi connectivity index (χ4v) is 5.89. The van der Waals surface area contributed by atoms with Crippen LogP contribution in [-0.2, 0) is 10.0 Å². The molecule has 21 heavy (non-hydrogen) atoms. The minimum Gasteiger partial charge on any atom is -0.398 e. The standard InChI is InChI=1S/C14H21BrN2O2S2/c1-10-12(16)8-11(15)9-13(10)21(18,19)17-5-4-14(2,3)20-7-6-17/h8-9H,4-7,16H2,1-3H3. The molecule has 0 spiro atoms. The van der Waals surface area contributed by atoms with Crippen LogP contribution in [0.2, 0.25) is 0 Å². The Morgan fingerprint density at radius 1 is 1.33 bits per heavy atom. The van der Waals surface area contributed by atoms with E-state index in [0.717, 1.165) is 12.2 Å². The van der Waals surface area contributed by atoms with Gasteiger partial charge in [0.1, 0.15) is 0 Å². The Morgan fingerprint density at radius 2 is 2.00 bits per heavy atom. The van der Waals surface area contributed by atoms with E-state index >= 15 is 0 Å². The zero-order chi connectivity index (χ0) is 15.8. The van der Waals surface area contributed by atoms with Crippen molar-refractivity contribution in [2.24, 2.45) is 0 Å². The van der Waals surface area contributed by atoms with Crippen LogP contribution in [0.25, 0.3) is 0 Å². The van der Waals surface area contributed by atoms with Crippen molar-refractivity contribution in [2.45, 2.75) is 36.8 Å². The van der Waals surface area contributed by atoms with Crippen LogP contribution in [0.15, 0.2) is 21.5 Å². The van der Waals surface area contributed by atoms with Crippen molar-refractivity contribution in [3.05, 3.63) is 22.2 Å². The second-order valence-corrected chi connectivity index (χ2v) is 10.5. The Morgan fingerprint density at radius 3 is 2.67 bits per heavy atom. The van der Waals surface area contributed by atoms with E-state index < -0.39 is 10.0 Å². The van der Waals surface area contributed by atoms with Crippen molar-refractivity contribution in [3.8, 4) is 0 Å². The van der Waals surface area contributed by atoms with Gasteiger partial charge in [-0.2, -0.15) is 16.1 Å². The number of hydrogen-bond donors (Lipinski definition) is 1. The van der Waals surface area contributed by atoms with Gasteiger partial charge in [-0.3, -0.25) is 0 Å². The van der Waals surface area contributed by atoms with Crippen molar-refractivity contribution >= 4 is 43.4 Å². The predicted molar refractivity (Wildman–Crippen MR) is 93.2 cm³/mol. The highest BCUT2D eigenvalue weighted by Gasteiger charge is 2.32. The molecular formula is C14H21BrN2O2S2. The van der Waals surface area contributed by atoms with Gasteiger partial charge in [0.2, 0.25) is 10.0 Å². The summed E-state index contributed by atoms with van der Waals surface area (Å²) in [4.78, 5) is 0.305. The number of halogens is 1. The summed E-state index contributed by atoms with van der Waals surface area (Å²) in [6, 6.07) is 3.37. The van der Waals surface area contributed by atoms with E-state index in [1.165, 1.54) is 0 Å². The lowest BCUT2D eigenvalue weighted by molar-refractivity contribution is 0.415. The van der Waals surface area contributed by atoms with Gasteiger partial charge in [-0.25, -0.2) is 8.42 Å². The van der Waals surface area contributed by atoms with Crippen LogP contribution in [0.3, 0.4) is 0 Å². The summed E-state index contributed by atoms with van der Waals surface area (Å²) in [7, 11) is -3.50. The maximum atomic E-state index is 12.9. The quantitative estimate of drug-likeness (QED) is 0.784. The van der Waals surface area contributed by atoms with Crippen molar-refractivity contribution in [1.82, 2.24) is 4.31 Å². The summed E-state index contributed by atoms with van der Waals surface area (Å²) in [5.74, 6) is 0.814. The van der Waals surface area contributed by atoms with Gasteiger partial charge < -0.3 is 5.73 Å². The van der Waals surface area contributed by atoms with E-state index in [0.29, 0.717) is 33.7 Å². The molecule has 1 aliphatic heterocycles. The molecule has 0 aliphatic carbocycles. The summed E-state index contributed by atoms with van der Waals surface area (Å²) in [5, 5.41) is 0. The molecule has 118 valence electrons. The van der Waals surface area contributed by atoms with Crippen molar-refractivity contribution in [2.75, 3.05) is 24.6 Å². The number of nitrogens with zero attached hydrogens (tertiary/aromatic N) is 1. The molecule has 0 bridgehead atoms. The highest BCUT2D eigenvalue weighted by Crippen LogP contribution is 2.34. The first kappa shape index (κ1) is 17.1. The fourth-order valence-electron chi connectivity index (χ4n) is 2.32. The van der Waals surface area contributed by atoms with Gasteiger partial charge in [0.05, 0.1) is 4.90 Å². The summed E-state index contributed by atoms with van der Waals surface area (Å²) in [6.45, 7) is 7.17. The Bertz CT molecular complexity index is 645. The average Bonchev–Trinajstić information content (AvgIpc) is 2.55. The second kappa shape index (κ2) is 6.10. The smallest absolute Gasteiger partial charge is 0.243 e. The third-order valence-electron chi connectivity index (χ3n) is 3.78. The summed E-state index contributed by atoms with van der Waals surface area (Å²) in [5.41, 5.74) is 7.02. The molecule has 0 unspecified atom stereocenters. The molecule has 4 nitrogen and oxygen atoms in total. The van der Waals surface area contributed by atoms with Crippen molar-refractivity contribution in [1.29, 1.82) is 0 Å². The van der Waals surface area contributed by atoms with Gasteiger partial charge in [0, 0.05) is 33.7 Å². The number of hydrogen-bond acceptors (Lipinski definition) is 4. The molecule has 0 amide bonds. The minimum atomic E-state index is -3.50. The summed E-state index contributed by atoms with van der Waals surface area (Å²) >= 11 is 5.16. The van der Waals surface area contributed by atoms with Gasteiger partial charge in [0.25, 0.3) is 0 Å². The molecule has 1 aliphatic rings. The van der Waals surface area contributed by atoms with Gasteiger partial charge in [-0.1, -0.05) is 29.8 Å². The molecule has 2 N–H and O–H groups in total. The third kappa shape index (κ3) is 3.75. The average molecular weight is 393 g/mol. The predicted octanol–water partition coefficient (Wildman–Crippen LogP) is 3.25. The van der Waals surface area contributed by atoms with Crippen LogP contribution in [0.4, 0.5) is 5.69 Å². The van der Waals surface area contributed by atoms with Crippen molar-refractivity contribution < 1.29 is 8.42 Å². The van der Waals surface area contributed by atoms with Crippen LogP contribution in [-0.4, -0.2) is 36.3 Å². The summed E-state index contributed by atoms with van der Waals surface area (Å²) < 4.78 is 28.2. The van der Waals surface area contributed by atoms with Crippen LogP contribution in [0.1, 0.15) is 25.8 Å². The monoisotopic (exact) mass is 392 g/mol. The molecule has 0 saturated carbocycles. The third-order valence-corrected chi connectivity index (χ3v) is 7.63. The number of benzene rings is 1. The SMILES string of the molecule is Cc1c(N)cc(Br)cc1S(=O)(=O)N1CCSC(C)(C)CC1. The summed E-state index contributed by atoms with van der Waals surface area (Å²) in [6.07, 6.45) is 0.847. The maximum Gasteiger partial charge on any atom is 0.243 e. The van der Waals surface area contributed by atoms with E-state index in [1.807, 2.05) is 11.8 Å². The molecule has 0 atom stereocenters. The highest BCUT2D eigenvalue weighted by molar-refractivity contribution is 9.10. The molecule has 1 saturated heterocycles. The van der Waals surface area contributed by atoms with E-state index in [9.17, 15) is 8.42 Å². The van der Waals surface area contributed by atoms with E-state index in [4.69, 9.17) is 5.73 Å². The van der Waals surface area contributed by atoms with Gasteiger partial charge in [-0.15, -0.1) is 0 Å². The lowest BCUT2D eigenvalue weighted by Gasteiger charge is -2.23. The molecule has 2 rings (SSSR count). The lowest BCUT2D eigenvalue weighted by Crippen LogP contribution is -2.34. The zero-order valence-electron chi connectivity index (χ0n) is 12.5. The first-order chi connectivity index (χ1) is 9.63. The fraction of sp³-hybridized carbons (Fsp3) is 0.571. The molecule has 0 aromatic heterocycles. The lowest BCUT2D eigenvalue weighted by atomic mass is 10.1. The zero-order valence-corrected chi connectivity index (χ0v) is 15.7. The molecule has 1 heterocycles. The molecule has 1 fully saturated rings. The molecular weight excluding hydrogens is 372 g/mol. The Labute approximate surface area is 139 Å². The van der Waals surface area contributed by atoms with Crippen LogP contribution in [0.5, 0.6) is 0 Å². The van der Waals surface area contributed by atoms with Crippen LogP contribution in [0, 0.1) is 6.92 Å². The first-order valence-corrected chi connectivity index (χ1v) is 10.0. The van der Waals surface area contributed by atoms with Crippen LogP contribution < -0.4 is 5.73 Å². The Hall–Kier alpha value is -0.240. The Balaban J connectivity index is 2.39. The largest absolute Gasteiger partial charge is 0.398 e. The number of nitrogen functional groups attached to an aromatic ring is 1. The maximum absolute atomic E-state index is 12.9. The second-order valence-electron chi connectivity index (χ2n) is 5.88. The topological polar surface area (TPSA) is 63.4 Å². The molecule has 0 radical (unpaired) electrons. The van der Waals surface area contributed by atoms with Gasteiger partial charge in [-0.05, 0) is 31.0 Å². The number of rotatable bonds is 2.